The van der Waals surface area contributed by atoms with E-state index in [0.717, 1.165) is 12.2 Å². The van der Waals surface area contributed by atoms with Crippen molar-refractivity contribution < 1.29 is 14.3 Å². The average molecular weight is 250 g/mol. The van der Waals surface area contributed by atoms with E-state index < -0.39 is 0 Å². The van der Waals surface area contributed by atoms with Gasteiger partial charge in [-0.25, -0.2) is 4.79 Å². The average Bonchev–Trinajstić information content (AvgIpc) is 2.78. The molecule has 1 amide bonds. The third kappa shape index (κ3) is 3.37. The van der Waals surface area contributed by atoms with Gasteiger partial charge in [0.15, 0.2) is 0 Å². The van der Waals surface area contributed by atoms with Gasteiger partial charge in [-0.3, -0.25) is 0 Å². The Bertz CT molecular complexity index is 392. The lowest BCUT2D eigenvalue weighted by Gasteiger charge is -2.13. The molecule has 0 aliphatic carbocycles. The second-order valence-electron chi connectivity index (χ2n) is 4.13. The first-order chi connectivity index (χ1) is 8.79. The number of ether oxygens (including phenoxy) is 2. The van der Waals surface area contributed by atoms with Crippen molar-refractivity contribution in [3.63, 3.8) is 0 Å². The molecule has 1 fully saturated rings. The van der Waals surface area contributed by atoms with Crippen LogP contribution in [-0.4, -0.2) is 43.8 Å². The van der Waals surface area contributed by atoms with Gasteiger partial charge < -0.3 is 20.1 Å². The molecule has 1 aromatic carbocycles. The molecule has 0 bridgehead atoms. The number of carbonyl (C=O) groups excluding carboxylic acids is 1. The zero-order valence-corrected chi connectivity index (χ0v) is 10.3. The SMILES string of the molecule is NCCc1ccc(OCCN2CCOC2=O)cc1. The summed E-state index contributed by atoms with van der Waals surface area (Å²) in [5, 5.41) is 0. The highest BCUT2D eigenvalue weighted by Crippen LogP contribution is 2.12. The number of amides is 1. The summed E-state index contributed by atoms with van der Waals surface area (Å²) in [6.07, 6.45) is 0.622. The molecule has 0 saturated carbocycles. The van der Waals surface area contributed by atoms with E-state index in [4.69, 9.17) is 15.2 Å². The molecular formula is C13H18N2O3. The highest BCUT2D eigenvalue weighted by molar-refractivity contribution is 5.69. The lowest BCUT2D eigenvalue weighted by molar-refractivity contribution is 0.153. The van der Waals surface area contributed by atoms with Gasteiger partial charge >= 0.3 is 6.09 Å². The summed E-state index contributed by atoms with van der Waals surface area (Å²) < 4.78 is 10.4. The number of rotatable bonds is 6. The Hall–Kier alpha value is -1.75. The van der Waals surface area contributed by atoms with Crippen LogP contribution in [0.15, 0.2) is 24.3 Å². The summed E-state index contributed by atoms with van der Waals surface area (Å²) in [6.45, 7) is 2.82. The highest BCUT2D eigenvalue weighted by atomic mass is 16.6. The Morgan fingerprint density at radius 3 is 2.72 bits per heavy atom. The van der Waals surface area contributed by atoms with Gasteiger partial charge in [0.25, 0.3) is 0 Å². The van der Waals surface area contributed by atoms with Crippen LogP contribution in [0.25, 0.3) is 0 Å². The van der Waals surface area contributed by atoms with Crippen LogP contribution in [0.3, 0.4) is 0 Å². The molecule has 1 heterocycles. The van der Waals surface area contributed by atoms with E-state index >= 15 is 0 Å². The van der Waals surface area contributed by atoms with Crippen molar-refractivity contribution in [3.05, 3.63) is 29.8 Å². The fraction of sp³-hybridized carbons (Fsp3) is 0.462. The molecule has 0 spiro atoms. The number of cyclic esters (lactones) is 1. The van der Waals surface area contributed by atoms with Crippen LogP contribution in [0.4, 0.5) is 4.79 Å². The predicted octanol–water partition coefficient (Wildman–Crippen LogP) is 1.02. The van der Waals surface area contributed by atoms with E-state index in [2.05, 4.69) is 0 Å². The summed E-state index contributed by atoms with van der Waals surface area (Å²) in [5.41, 5.74) is 6.68. The molecule has 0 aromatic heterocycles. The van der Waals surface area contributed by atoms with Crippen molar-refractivity contribution in [2.45, 2.75) is 6.42 Å². The van der Waals surface area contributed by atoms with E-state index in [1.54, 1.807) is 4.90 Å². The normalized spacial score (nSPS) is 14.7. The number of hydrogen-bond acceptors (Lipinski definition) is 4. The molecular weight excluding hydrogens is 232 g/mol. The molecule has 18 heavy (non-hydrogen) atoms. The minimum absolute atomic E-state index is 0.253. The minimum Gasteiger partial charge on any atom is -0.492 e. The monoisotopic (exact) mass is 250 g/mol. The van der Waals surface area contributed by atoms with Crippen molar-refractivity contribution in [2.24, 2.45) is 5.73 Å². The Morgan fingerprint density at radius 1 is 1.33 bits per heavy atom. The van der Waals surface area contributed by atoms with Crippen LogP contribution in [0.2, 0.25) is 0 Å². The van der Waals surface area contributed by atoms with Crippen molar-refractivity contribution in [1.29, 1.82) is 0 Å². The van der Waals surface area contributed by atoms with E-state index in [1.165, 1.54) is 5.56 Å². The van der Waals surface area contributed by atoms with E-state index in [-0.39, 0.29) is 6.09 Å². The molecule has 0 unspecified atom stereocenters. The van der Waals surface area contributed by atoms with Crippen molar-refractivity contribution >= 4 is 6.09 Å². The summed E-state index contributed by atoms with van der Waals surface area (Å²) in [5.74, 6) is 0.809. The third-order valence-corrected chi connectivity index (χ3v) is 2.83. The molecule has 2 N–H and O–H groups in total. The van der Waals surface area contributed by atoms with Crippen LogP contribution >= 0.6 is 0 Å². The van der Waals surface area contributed by atoms with Gasteiger partial charge in [0.05, 0.1) is 13.1 Å². The molecule has 1 aliphatic rings. The first-order valence-electron chi connectivity index (χ1n) is 6.13. The van der Waals surface area contributed by atoms with Crippen LogP contribution in [0, 0.1) is 0 Å². The van der Waals surface area contributed by atoms with Crippen LogP contribution in [-0.2, 0) is 11.2 Å². The predicted molar refractivity (Wildman–Crippen MR) is 67.6 cm³/mol. The largest absolute Gasteiger partial charge is 0.492 e. The van der Waals surface area contributed by atoms with Crippen molar-refractivity contribution in [1.82, 2.24) is 4.90 Å². The van der Waals surface area contributed by atoms with Gasteiger partial charge in [-0.05, 0) is 30.7 Å². The lowest BCUT2D eigenvalue weighted by atomic mass is 10.1. The maximum Gasteiger partial charge on any atom is 0.410 e. The Balaban J connectivity index is 1.74. The second kappa shape index (κ2) is 6.26. The van der Waals surface area contributed by atoms with Gasteiger partial charge in [0, 0.05) is 0 Å². The topological polar surface area (TPSA) is 64.8 Å². The molecule has 0 atom stereocenters. The fourth-order valence-electron chi connectivity index (χ4n) is 1.82. The van der Waals surface area contributed by atoms with E-state index in [9.17, 15) is 4.79 Å². The summed E-state index contributed by atoms with van der Waals surface area (Å²) in [6, 6.07) is 7.86. The molecule has 2 rings (SSSR count). The first kappa shape index (κ1) is 12.7. The maximum absolute atomic E-state index is 11.2. The molecule has 5 heteroatoms. The quantitative estimate of drug-likeness (QED) is 0.818. The molecule has 5 nitrogen and oxygen atoms in total. The van der Waals surface area contributed by atoms with Gasteiger partial charge in [0.2, 0.25) is 0 Å². The zero-order valence-electron chi connectivity index (χ0n) is 10.3. The van der Waals surface area contributed by atoms with Gasteiger partial charge in [0.1, 0.15) is 19.0 Å². The second-order valence-corrected chi connectivity index (χ2v) is 4.13. The molecule has 1 aliphatic heterocycles. The molecule has 0 radical (unpaired) electrons. The van der Waals surface area contributed by atoms with Gasteiger partial charge in [-0.2, -0.15) is 0 Å². The molecule has 1 saturated heterocycles. The van der Waals surface area contributed by atoms with Crippen LogP contribution < -0.4 is 10.5 Å². The number of hydrogen-bond donors (Lipinski definition) is 1. The standard InChI is InChI=1S/C13H18N2O3/c14-6-5-11-1-3-12(4-2-11)17-9-7-15-8-10-18-13(15)16/h1-4H,5-10,14H2. The fourth-order valence-corrected chi connectivity index (χ4v) is 1.82. The van der Waals surface area contributed by atoms with E-state index in [0.29, 0.717) is 32.8 Å². The van der Waals surface area contributed by atoms with Crippen LogP contribution in [0.5, 0.6) is 5.75 Å². The Morgan fingerprint density at radius 2 is 2.11 bits per heavy atom. The van der Waals surface area contributed by atoms with Crippen molar-refractivity contribution in [3.8, 4) is 5.75 Å². The van der Waals surface area contributed by atoms with Gasteiger partial charge in [-0.15, -0.1) is 0 Å². The van der Waals surface area contributed by atoms with Crippen molar-refractivity contribution in [2.75, 3.05) is 32.8 Å². The first-order valence-corrected chi connectivity index (χ1v) is 6.13. The van der Waals surface area contributed by atoms with E-state index in [1.807, 2.05) is 24.3 Å². The smallest absolute Gasteiger partial charge is 0.410 e. The Kier molecular flexibility index (Phi) is 4.41. The highest BCUT2D eigenvalue weighted by Gasteiger charge is 2.21. The molecule has 1 aromatic rings. The maximum atomic E-state index is 11.2. The number of nitrogens with zero attached hydrogens (tertiary/aromatic N) is 1. The lowest BCUT2D eigenvalue weighted by Crippen LogP contribution is -2.29. The van der Waals surface area contributed by atoms with Gasteiger partial charge in [-0.1, -0.05) is 12.1 Å². The number of benzene rings is 1. The number of carbonyl (C=O) groups is 1. The Labute approximate surface area is 106 Å². The summed E-state index contributed by atoms with van der Waals surface area (Å²) >= 11 is 0. The van der Waals surface area contributed by atoms with Crippen LogP contribution in [0.1, 0.15) is 5.56 Å². The summed E-state index contributed by atoms with van der Waals surface area (Å²) in [4.78, 5) is 12.8. The number of nitrogens with two attached hydrogens (primary N) is 1. The minimum atomic E-state index is -0.253. The zero-order chi connectivity index (χ0) is 12.8. The summed E-state index contributed by atoms with van der Waals surface area (Å²) in [7, 11) is 0. The molecule has 98 valence electrons. The third-order valence-electron chi connectivity index (χ3n) is 2.83.